The molecular weight excluding hydrogens is 256 g/mol. The van der Waals surface area contributed by atoms with Crippen LogP contribution < -0.4 is 5.32 Å². The molecule has 0 radical (unpaired) electrons. The number of nitrogens with one attached hydrogen (secondary N) is 1. The Labute approximate surface area is 116 Å². The minimum Gasteiger partial charge on any atom is -0.479 e. The predicted molar refractivity (Wildman–Crippen MR) is 73.1 cm³/mol. The van der Waals surface area contributed by atoms with Crippen molar-refractivity contribution in [1.82, 2.24) is 9.78 Å². The fourth-order valence-corrected chi connectivity index (χ4v) is 1.91. The van der Waals surface area contributed by atoms with Gasteiger partial charge in [-0.2, -0.15) is 10.4 Å². The second kappa shape index (κ2) is 5.45. The van der Waals surface area contributed by atoms with Crippen molar-refractivity contribution in [1.29, 1.82) is 5.26 Å². The third-order valence-corrected chi connectivity index (χ3v) is 2.90. The van der Waals surface area contributed by atoms with Gasteiger partial charge in [0.2, 0.25) is 0 Å². The Balaban J connectivity index is 2.37. The largest absolute Gasteiger partial charge is 0.479 e. The van der Waals surface area contributed by atoms with E-state index in [1.807, 2.05) is 19.1 Å². The Morgan fingerprint density at radius 1 is 1.55 bits per heavy atom. The molecule has 0 aliphatic rings. The molecule has 2 aromatic rings. The maximum Gasteiger partial charge on any atom is 0.330 e. The fraction of sp³-hybridized carbons (Fsp3) is 0.214. The summed E-state index contributed by atoms with van der Waals surface area (Å²) in [6.07, 6.45) is 3.13. The van der Waals surface area contributed by atoms with E-state index < -0.39 is 12.0 Å². The van der Waals surface area contributed by atoms with Crippen LogP contribution in [0.4, 0.5) is 5.69 Å². The van der Waals surface area contributed by atoms with E-state index >= 15 is 0 Å². The van der Waals surface area contributed by atoms with E-state index in [1.165, 1.54) is 10.9 Å². The van der Waals surface area contributed by atoms with Crippen LogP contribution in [0, 0.1) is 18.3 Å². The lowest BCUT2D eigenvalue weighted by atomic mass is 10.1. The SMILES string of the molecule is Cc1ccc(C#N)c(NC(C(=O)O)c2cnn(C)c2)c1. The molecule has 1 atom stereocenters. The van der Waals surface area contributed by atoms with Crippen molar-refractivity contribution in [3.8, 4) is 6.07 Å². The molecule has 0 saturated carbocycles. The third-order valence-electron chi connectivity index (χ3n) is 2.90. The number of hydrogen-bond acceptors (Lipinski definition) is 4. The molecule has 0 fully saturated rings. The van der Waals surface area contributed by atoms with E-state index in [-0.39, 0.29) is 0 Å². The summed E-state index contributed by atoms with van der Waals surface area (Å²) in [7, 11) is 1.72. The lowest BCUT2D eigenvalue weighted by Gasteiger charge is -2.15. The molecule has 0 spiro atoms. The van der Waals surface area contributed by atoms with Gasteiger partial charge in [0.1, 0.15) is 6.07 Å². The van der Waals surface area contributed by atoms with Crippen molar-refractivity contribution in [2.45, 2.75) is 13.0 Å². The number of carboxylic acids is 1. The van der Waals surface area contributed by atoms with Crippen LogP contribution in [0.3, 0.4) is 0 Å². The average molecular weight is 270 g/mol. The molecule has 1 unspecified atom stereocenters. The van der Waals surface area contributed by atoms with Crippen molar-refractivity contribution >= 4 is 11.7 Å². The Morgan fingerprint density at radius 2 is 2.30 bits per heavy atom. The van der Waals surface area contributed by atoms with Gasteiger partial charge >= 0.3 is 5.97 Å². The highest BCUT2D eigenvalue weighted by Gasteiger charge is 2.22. The van der Waals surface area contributed by atoms with Crippen LogP contribution >= 0.6 is 0 Å². The summed E-state index contributed by atoms with van der Waals surface area (Å²) in [4.78, 5) is 11.4. The zero-order chi connectivity index (χ0) is 14.7. The summed E-state index contributed by atoms with van der Waals surface area (Å²) in [6.45, 7) is 1.88. The molecule has 20 heavy (non-hydrogen) atoms. The normalized spacial score (nSPS) is 11.7. The molecule has 0 aliphatic carbocycles. The molecule has 102 valence electrons. The summed E-state index contributed by atoms with van der Waals surface area (Å²) >= 11 is 0. The topological polar surface area (TPSA) is 90.9 Å². The number of hydrogen-bond donors (Lipinski definition) is 2. The van der Waals surface area contributed by atoms with E-state index in [1.54, 1.807) is 25.4 Å². The van der Waals surface area contributed by atoms with Gasteiger partial charge in [-0.05, 0) is 24.6 Å². The van der Waals surface area contributed by atoms with Crippen LogP contribution in [-0.2, 0) is 11.8 Å². The van der Waals surface area contributed by atoms with Crippen LogP contribution in [0.5, 0.6) is 0 Å². The number of anilines is 1. The Bertz CT molecular complexity index is 685. The smallest absolute Gasteiger partial charge is 0.330 e. The monoisotopic (exact) mass is 270 g/mol. The number of aryl methyl sites for hydroxylation is 2. The van der Waals surface area contributed by atoms with Gasteiger partial charge in [0.25, 0.3) is 0 Å². The molecule has 0 saturated heterocycles. The molecule has 1 aromatic heterocycles. The second-order valence-corrected chi connectivity index (χ2v) is 4.52. The standard InChI is InChI=1S/C14H14N4O2/c1-9-3-4-10(6-15)12(5-9)17-13(14(19)20)11-7-16-18(2)8-11/h3-5,7-8,13,17H,1-2H3,(H,19,20). The molecule has 0 aliphatic heterocycles. The van der Waals surface area contributed by atoms with Gasteiger partial charge in [0, 0.05) is 18.8 Å². The Hall–Kier alpha value is -2.81. The second-order valence-electron chi connectivity index (χ2n) is 4.52. The predicted octanol–water partition coefficient (Wildman–Crippen LogP) is 1.84. The third kappa shape index (κ3) is 2.78. The summed E-state index contributed by atoms with van der Waals surface area (Å²) in [5.74, 6) is -1.02. The zero-order valence-corrected chi connectivity index (χ0v) is 11.2. The van der Waals surface area contributed by atoms with Crippen LogP contribution in [0.1, 0.15) is 22.7 Å². The van der Waals surface area contributed by atoms with Gasteiger partial charge < -0.3 is 10.4 Å². The van der Waals surface area contributed by atoms with Crippen molar-refractivity contribution in [3.63, 3.8) is 0 Å². The van der Waals surface area contributed by atoms with Crippen molar-refractivity contribution < 1.29 is 9.90 Å². The highest BCUT2D eigenvalue weighted by molar-refractivity contribution is 5.80. The molecule has 2 rings (SSSR count). The van der Waals surface area contributed by atoms with Gasteiger partial charge in [0.05, 0.1) is 17.4 Å². The van der Waals surface area contributed by atoms with Gasteiger partial charge in [-0.25, -0.2) is 4.79 Å². The molecule has 6 heteroatoms. The quantitative estimate of drug-likeness (QED) is 0.884. The molecule has 6 nitrogen and oxygen atoms in total. The van der Waals surface area contributed by atoms with Gasteiger partial charge in [-0.1, -0.05) is 6.07 Å². The Morgan fingerprint density at radius 3 is 2.85 bits per heavy atom. The van der Waals surface area contributed by atoms with E-state index in [4.69, 9.17) is 5.26 Å². The molecule has 2 N–H and O–H groups in total. The van der Waals surface area contributed by atoms with Gasteiger partial charge in [0.15, 0.2) is 6.04 Å². The number of carboxylic acid groups (broad SMARTS) is 1. The molecule has 1 aromatic carbocycles. The highest BCUT2D eigenvalue weighted by atomic mass is 16.4. The van der Waals surface area contributed by atoms with Crippen LogP contribution in [0.2, 0.25) is 0 Å². The van der Waals surface area contributed by atoms with E-state index in [0.29, 0.717) is 16.8 Å². The van der Waals surface area contributed by atoms with E-state index in [2.05, 4.69) is 10.4 Å². The van der Waals surface area contributed by atoms with Crippen LogP contribution in [0.25, 0.3) is 0 Å². The number of nitriles is 1. The first kappa shape index (κ1) is 13.6. The van der Waals surface area contributed by atoms with Crippen molar-refractivity contribution in [2.24, 2.45) is 7.05 Å². The van der Waals surface area contributed by atoms with Crippen LogP contribution in [-0.4, -0.2) is 20.9 Å². The first-order chi connectivity index (χ1) is 9.51. The van der Waals surface area contributed by atoms with Crippen LogP contribution in [0.15, 0.2) is 30.6 Å². The first-order valence-electron chi connectivity index (χ1n) is 6.00. The maximum absolute atomic E-state index is 11.4. The molecular formula is C14H14N4O2. The number of aliphatic carboxylic acids is 1. The number of nitrogens with zero attached hydrogens (tertiary/aromatic N) is 3. The number of rotatable bonds is 4. The minimum atomic E-state index is -1.02. The summed E-state index contributed by atoms with van der Waals surface area (Å²) in [6, 6.07) is 6.33. The van der Waals surface area contributed by atoms with E-state index in [0.717, 1.165) is 5.56 Å². The summed E-state index contributed by atoms with van der Waals surface area (Å²) in [5, 5.41) is 25.3. The van der Waals surface area contributed by atoms with E-state index in [9.17, 15) is 9.90 Å². The maximum atomic E-state index is 11.4. The molecule has 0 amide bonds. The first-order valence-corrected chi connectivity index (χ1v) is 6.00. The van der Waals surface area contributed by atoms with Gasteiger partial charge in [-0.15, -0.1) is 0 Å². The lowest BCUT2D eigenvalue weighted by Crippen LogP contribution is -2.20. The molecule has 0 bridgehead atoms. The van der Waals surface area contributed by atoms with Gasteiger partial charge in [-0.3, -0.25) is 4.68 Å². The number of aromatic nitrogens is 2. The van der Waals surface area contributed by atoms with Crippen molar-refractivity contribution in [3.05, 3.63) is 47.3 Å². The summed E-state index contributed by atoms with van der Waals surface area (Å²) in [5.41, 5.74) is 2.39. The summed E-state index contributed by atoms with van der Waals surface area (Å²) < 4.78 is 1.54. The number of benzene rings is 1. The lowest BCUT2D eigenvalue weighted by molar-refractivity contribution is -0.138. The fourth-order valence-electron chi connectivity index (χ4n) is 1.91. The highest BCUT2D eigenvalue weighted by Crippen LogP contribution is 2.23. The van der Waals surface area contributed by atoms with Crippen molar-refractivity contribution in [2.75, 3.05) is 5.32 Å². The zero-order valence-electron chi connectivity index (χ0n) is 11.2. The Kier molecular flexibility index (Phi) is 3.71. The average Bonchev–Trinajstić information content (AvgIpc) is 2.82. The molecule has 1 heterocycles. The minimum absolute atomic E-state index is 0.408. The number of carbonyl (C=O) groups is 1.